The molecule has 1 aromatic rings. The fraction of sp³-hybridized carbons (Fsp3) is 0.500. The van der Waals surface area contributed by atoms with E-state index in [0.717, 1.165) is 12.1 Å². The number of ether oxygens (including phenoxy) is 1. The van der Waals surface area contributed by atoms with Crippen LogP contribution in [-0.2, 0) is 6.18 Å². The van der Waals surface area contributed by atoms with Crippen LogP contribution in [0.2, 0.25) is 0 Å². The average molecular weight is 282 g/mol. The van der Waals surface area contributed by atoms with E-state index in [0.29, 0.717) is 6.07 Å². The Labute approximate surface area is 105 Å². The predicted octanol–water partition coefficient (Wildman–Crippen LogP) is 3.20. The second kappa shape index (κ2) is 4.63. The van der Waals surface area contributed by atoms with E-state index in [-0.39, 0.29) is 17.7 Å². The Balaban J connectivity index is 2.44. The molecule has 2 nitrogen and oxygen atoms in total. The van der Waals surface area contributed by atoms with Crippen LogP contribution in [0.15, 0.2) is 18.2 Å². The predicted molar refractivity (Wildman–Crippen MR) is 56.3 cm³/mol. The van der Waals surface area contributed by atoms with Crippen LogP contribution < -0.4 is 4.74 Å². The third-order valence-electron chi connectivity index (χ3n) is 3.08. The molecule has 0 spiro atoms. The highest BCUT2D eigenvalue weighted by molar-refractivity contribution is 5.42. The zero-order valence-corrected chi connectivity index (χ0v) is 9.68. The van der Waals surface area contributed by atoms with Gasteiger partial charge in [-0.15, -0.1) is 0 Å². The molecular formula is C12H11F5O2. The Bertz CT molecular complexity index is 468. The number of benzene rings is 1. The topological polar surface area (TPSA) is 29.5 Å². The maximum atomic E-state index is 12.8. The van der Waals surface area contributed by atoms with Gasteiger partial charge in [-0.05, 0) is 12.1 Å². The van der Waals surface area contributed by atoms with Gasteiger partial charge >= 0.3 is 6.18 Å². The summed E-state index contributed by atoms with van der Waals surface area (Å²) in [5, 5.41) is 9.76. The smallest absolute Gasteiger partial charge is 0.416 e. The second-order valence-corrected chi connectivity index (χ2v) is 4.52. The summed E-state index contributed by atoms with van der Waals surface area (Å²) in [6, 6.07) is 2.50. The van der Waals surface area contributed by atoms with E-state index in [4.69, 9.17) is 4.74 Å². The van der Waals surface area contributed by atoms with Gasteiger partial charge in [0, 0.05) is 12.0 Å². The van der Waals surface area contributed by atoms with Crippen molar-refractivity contribution in [1.82, 2.24) is 0 Å². The monoisotopic (exact) mass is 282 g/mol. The first-order chi connectivity index (χ1) is 8.81. The number of rotatable bonds is 2. The zero-order valence-electron chi connectivity index (χ0n) is 9.68. The molecule has 0 radical (unpaired) electrons. The van der Waals surface area contributed by atoms with E-state index in [1.807, 2.05) is 0 Å². The first-order valence-corrected chi connectivity index (χ1v) is 5.51. The van der Waals surface area contributed by atoms with Crippen molar-refractivity contribution in [2.45, 2.75) is 24.3 Å². The number of hydrogen-bond acceptors (Lipinski definition) is 2. The van der Waals surface area contributed by atoms with E-state index in [1.54, 1.807) is 0 Å². The first-order valence-electron chi connectivity index (χ1n) is 5.51. The average Bonchev–Trinajstić information content (AvgIpc) is 2.36. The fourth-order valence-corrected chi connectivity index (χ4v) is 2.01. The fourth-order valence-electron chi connectivity index (χ4n) is 2.01. The van der Waals surface area contributed by atoms with E-state index in [1.165, 1.54) is 0 Å². The molecule has 0 saturated carbocycles. The normalized spacial score (nSPS) is 21.7. The Kier molecular flexibility index (Phi) is 3.42. The van der Waals surface area contributed by atoms with Gasteiger partial charge in [0.1, 0.15) is 19.1 Å². The van der Waals surface area contributed by atoms with Crippen LogP contribution in [0.5, 0.6) is 5.75 Å². The molecule has 0 saturated heterocycles. The van der Waals surface area contributed by atoms with Gasteiger partial charge in [-0.2, -0.15) is 13.2 Å². The van der Waals surface area contributed by atoms with E-state index >= 15 is 0 Å². The molecule has 1 aliphatic heterocycles. The van der Waals surface area contributed by atoms with Crippen LogP contribution in [0.25, 0.3) is 0 Å². The van der Waals surface area contributed by atoms with Crippen LogP contribution in [-0.4, -0.2) is 24.1 Å². The summed E-state index contributed by atoms with van der Waals surface area (Å²) in [6.45, 7) is -2.45. The maximum absolute atomic E-state index is 12.8. The lowest BCUT2D eigenvalue weighted by molar-refractivity contribution is -0.138. The van der Waals surface area contributed by atoms with Gasteiger partial charge < -0.3 is 9.84 Å². The van der Waals surface area contributed by atoms with Crippen LogP contribution in [0.4, 0.5) is 22.0 Å². The molecule has 0 aromatic heterocycles. The summed E-state index contributed by atoms with van der Waals surface area (Å²) in [4.78, 5) is 0. The minimum Gasteiger partial charge on any atom is -0.481 e. The molecule has 1 unspecified atom stereocenters. The molecule has 0 amide bonds. The summed E-state index contributed by atoms with van der Waals surface area (Å²) in [5.41, 5.74) is -2.80. The zero-order chi connectivity index (χ0) is 14.3. The summed E-state index contributed by atoms with van der Waals surface area (Å²) >= 11 is 0. The number of halogens is 5. The molecule has 0 fully saturated rings. The number of fused-ring (bicyclic) bond motifs is 1. The minimum atomic E-state index is -4.59. The molecule has 1 aliphatic rings. The Hall–Kier alpha value is -1.37. The van der Waals surface area contributed by atoms with E-state index < -0.39 is 36.8 Å². The summed E-state index contributed by atoms with van der Waals surface area (Å²) < 4.78 is 68.3. The highest BCUT2D eigenvalue weighted by Gasteiger charge is 2.42. The van der Waals surface area contributed by atoms with E-state index in [9.17, 15) is 27.1 Å². The molecule has 1 heterocycles. The Morgan fingerprint density at radius 1 is 1.26 bits per heavy atom. The van der Waals surface area contributed by atoms with Gasteiger partial charge in [0.05, 0.1) is 11.7 Å². The van der Waals surface area contributed by atoms with Gasteiger partial charge in [0.2, 0.25) is 0 Å². The molecule has 1 atom stereocenters. The second-order valence-electron chi connectivity index (χ2n) is 4.52. The quantitative estimate of drug-likeness (QED) is 0.844. The molecule has 106 valence electrons. The molecule has 7 heteroatoms. The van der Waals surface area contributed by atoms with Crippen molar-refractivity contribution in [3.63, 3.8) is 0 Å². The minimum absolute atomic E-state index is 0.102. The molecular weight excluding hydrogens is 271 g/mol. The Morgan fingerprint density at radius 2 is 1.89 bits per heavy atom. The lowest BCUT2D eigenvalue weighted by Crippen LogP contribution is -2.45. The van der Waals surface area contributed by atoms with Crippen molar-refractivity contribution in [3.8, 4) is 5.75 Å². The number of aliphatic hydroxyl groups excluding tert-OH is 1. The van der Waals surface area contributed by atoms with E-state index in [2.05, 4.69) is 0 Å². The molecule has 19 heavy (non-hydrogen) atoms. The molecule has 0 bridgehead atoms. The van der Waals surface area contributed by atoms with Crippen LogP contribution in [0.1, 0.15) is 23.7 Å². The summed E-state index contributed by atoms with van der Waals surface area (Å²) in [7, 11) is 0. The first kappa shape index (κ1) is 14.0. The van der Waals surface area contributed by atoms with Gasteiger partial charge in [-0.25, -0.2) is 8.78 Å². The lowest BCUT2D eigenvalue weighted by Gasteiger charge is -2.37. The van der Waals surface area contributed by atoms with Crippen molar-refractivity contribution in [3.05, 3.63) is 29.3 Å². The Morgan fingerprint density at radius 3 is 2.42 bits per heavy atom. The standard InChI is InChI=1S/C12H11F5O2/c13-5-11(6-14)4-9(18)8-2-1-7(12(15,16)17)3-10(8)19-11/h1-3,9,18H,4-6H2. The van der Waals surface area contributed by atoms with Crippen LogP contribution in [0.3, 0.4) is 0 Å². The van der Waals surface area contributed by atoms with Gasteiger partial charge in [-0.1, -0.05) is 6.07 Å². The summed E-state index contributed by atoms with van der Waals surface area (Å²) in [5.74, 6) is -0.330. The van der Waals surface area contributed by atoms with Crippen molar-refractivity contribution >= 4 is 0 Å². The highest BCUT2D eigenvalue weighted by Crippen LogP contribution is 2.43. The molecule has 1 N–H and O–H groups in total. The summed E-state index contributed by atoms with van der Waals surface area (Å²) in [6.07, 6.45) is -6.18. The molecule has 1 aromatic carbocycles. The van der Waals surface area contributed by atoms with Crippen molar-refractivity contribution in [2.24, 2.45) is 0 Å². The van der Waals surface area contributed by atoms with Crippen molar-refractivity contribution in [1.29, 1.82) is 0 Å². The maximum Gasteiger partial charge on any atom is 0.416 e. The van der Waals surface area contributed by atoms with Crippen LogP contribution in [0, 0.1) is 0 Å². The SMILES string of the molecule is OC1CC(CF)(CF)Oc2cc(C(F)(F)F)ccc21. The van der Waals surface area contributed by atoms with Crippen LogP contribution >= 0.6 is 0 Å². The highest BCUT2D eigenvalue weighted by atomic mass is 19.4. The lowest BCUT2D eigenvalue weighted by atomic mass is 9.90. The number of hydrogen-bond donors (Lipinski definition) is 1. The molecule has 2 rings (SSSR count). The van der Waals surface area contributed by atoms with Crippen molar-refractivity contribution in [2.75, 3.05) is 13.3 Å². The third-order valence-corrected chi connectivity index (χ3v) is 3.08. The molecule has 0 aliphatic carbocycles. The third kappa shape index (κ3) is 2.51. The van der Waals surface area contributed by atoms with Crippen molar-refractivity contribution < 1.29 is 31.8 Å². The van der Waals surface area contributed by atoms with Gasteiger partial charge in [-0.3, -0.25) is 0 Å². The number of aliphatic hydroxyl groups is 1. The van der Waals surface area contributed by atoms with Gasteiger partial charge in [0.15, 0.2) is 5.60 Å². The largest absolute Gasteiger partial charge is 0.481 e. The number of alkyl halides is 5. The van der Waals surface area contributed by atoms with Gasteiger partial charge in [0.25, 0.3) is 0 Å².